The number of carbonyl (C=O) groups excluding carboxylic acids is 2. The molecule has 0 radical (unpaired) electrons. The first-order valence-electron chi connectivity index (χ1n) is 6.20. The van der Waals surface area contributed by atoms with Gasteiger partial charge in [-0.3, -0.25) is 14.8 Å². The smallest absolute Gasteiger partial charge is 0.266 e. The molecule has 1 aromatic carbocycles. The zero-order valence-corrected chi connectivity index (χ0v) is 11.4. The van der Waals surface area contributed by atoms with Gasteiger partial charge in [-0.15, -0.1) is 0 Å². The molecule has 7 heteroatoms. The zero-order valence-electron chi connectivity index (χ0n) is 10.6. The largest absolute Gasteiger partial charge is 0.330 e. The number of hydrogen-bond acceptors (Lipinski definition) is 3. The Hall–Kier alpha value is -1.66. The fourth-order valence-electron chi connectivity index (χ4n) is 2.34. The molecule has 108 valence electrons. The summed E-state index contributed by atoms with van der Waals surface area (Å²) < 4.78 is 12.9. The third-order valence-electron chi connectivity index (χ3n) is 3.34. The van der Waals surface area contributed by atoms with Gasteiger partial charge < -0.3 is 4.90 Å². The van der Waals surface area contributed by atoms with Crippen LogP contribution >= 0.6 is 11.6 Å². The quantitative estimate of drug-likeness (QED) is 0.657. The fourth-order valence-corrected chi connectivity index (χ4v) is 2.58. The Morgan fingerprint density at radius 2 is 2.25 bits per heavy atom. The van der Waals surface area contributed by atoms with Gasteiger partial charge in [0, 0.05) is 11.6 Å². The van der Waals surface area contributed by atoms with E-state index in [4.69, 9.17) is 16.8 Å². The topological polar surface area (TPSA) is 69.6 Å². The Balaban J connectivity index is 2.09. The van der Waals surface area contributed by atoms with E-state index in [2.05, 4.69) is 0 Å². The molecule has 0 unspecified atom stereocenters. The van der Waals surface area contributed by atoms with E-state index in [-0.39, 0.29) is 17.4 Å². The van der Waals surface area contributed by atoms with Crippen LogP contribution < -0.4 is 5.48 Å². The van der Waals surface area contributed by atoms with Gasteiger partial charge in [-0.05, 0) is 30.5 Å². The highest BCUT2D eigenvalue weighted by molar-refractivity contribution is 6.31. The first kappa shape index (κ1) is 14.7. The SMILES string of the molecule is O=C(NO)[C@@H]1CCCN1C(=O)Cc1ccc(F)cc1Cl. The molecule has 0 aromatic heterocycles. The average Bonchev–Trinajstić information content (AvgIpc) is 2.90. The number of hydroxylamine groups is 1. The molecule has 0 saturated carbocycles. The van der Waals surface area contributed by atoms with Crippen LogP contribution in [0.3, 0.4) is 0 Å². The van der Waals surface area contributed by atoms with Gasteiger partial charge in [0.25, 0.3) is 5.91 Å². The summed E-state index contributed by atoms with van der Waals surface area (Å²) in [4.78, 5) is 25.1. The van der Waals surface area contributed by atoms with Crippen molar-refractivity contribution in [2.75, 3.05) is 6.54 Å². The monoisotopic (exact) mass is 300 g/mol. The molecular weight excluding hydrogens is 287 g/mol. The second-order valence-electron chi connectivity index (χ2n) is 4.63. The summed E-state index contributed by atoms with van der Waals surface area (Å²) in [7, 11) is 0. The van der Waals surface area contributed by atoms with E-state index in [1.165, 1.54) is 17.0 Å². The number of rotatable bonds is 3. The third kappa shape index (κ3) is 3.08. The number of halogens is 2. The van der Waals surface area contributed by atoms with Crippen molar-refractivity contribution in [3.63, 3.8) is 0 Å². The van der Waals surface area contributed by atoms with Gasteiger partial charge >= 0.3 is 0 Å². The summed E-state index contributed by atoms with van der Waals surface area (Å²) in [5.74, 6) is -1.34. The minimum Gasteiger partial charge on any atom is -0.330 e. The fraction of sp³-hybridized carbons (Fsp3) is 0.385. The predicted molar refractivity (Wildman–Crippen MR) is 69.8 cm³/mol. The molecule has 1 saturated heterocycles. The number of nitrogens with one attached hydrogen (secondary N) is 1. The van der Waals surface area contributed by atoms with Gasteiger partial charge in [-0.2, -0.15) is 0 Å². The molecule has 1 atom stereocenters. The molecule has 1 fully saturated rings. The maximum absolute atomic E-state index is 12.9. The van der Waals surface area contributed by atoms with Crippen molar-refractivity contribution in [3.05, 3.63) is 34.6 Å². The predicted octanol–water partition coefficient (Wildman–Crippen LogP) is 1.52. The lowest BCUT2D eigenvalue weighted by atomic mass is 10.1. The highest BCUT2D eigenvalue weighted by Gasteiger charge is 2.33. The number of hydrogen-bond donors (Lipinski definition) is 2. The van der Waals surface area contributed by atoms with Crippen molar-refractivity contribution in [3.8, 4) is 0 Å². The van der Waals surface area contributed by atoms with Crippen LogP contribution in [0, 0.1) is 5.82 Å². The van der Waals surface area contributed by atoms with Crippen LogP contribution in [0.1, 0.15) is 18.4 Å². The van der Waals surface area contributed by atoms with Crippen LogP contribution in [0.4, 0.5) is 4.39 Å². The first-order chi connectivity index (χ1) is 9.52. The third-order valence-corrected chi connectivity index (χ3v) is 3.69. The van der Waals surface area contributed by atoms with Crippen molar-refractivity contribution < 1.29 is 19.2 Å². The molecule has 2 N–H and O–H groups in total. The molecule has 1 aliphatic rings. The van der Waals surface area contributed by atoms with Crippen LogP contribution in [0.25, 0.3) is 0 Å². The molecule has 0 spiro atoms. The van der Waals surface area contributed by atoms with Gasteiger partial charge in [0.2, 0.25) is 5.91 Å². The lowest BCUT2D eigenvalue weighted by molar-refractivity contribution is -0.142. The summed E-state index contributed by atoms with van der Waals surface area (Å²) in [6.45, 7) is 0.454. The minimum atomic E-state index is -0.660. The van der Waals surface area contributed by atoms with Gasteiger partial charge in [0.05, 0.1) is 6.42 Å². The number of amides is 2. The normalized spacial score (nSPS) is 18.1. The Bertz CT molecular complexity index is 538. The highest BCUT2D eigenvalue weighted by atomic mass is 35.5. The Labute approximate surface area is 120 Å². The van der Waals surface area contributed by atoms with Crippen molar-refractivity contribution >= 4 is 23.4 Å². The molecule has 0 aliphatic carbocycles. The van der Waals surface area contributed by atoms with E-state index in [0.29, 0.717) is 24.9 Å². The van der Waals surface area contributed by atoms with Gasteiger partial charge in [0.15, 0.2) is 0 Å². The van der Waals surface area contributed by atoms with Gasteiger partial charge in [0.1, 0.15) is 11.9 Å². The van der Waals surface area contributed by atoms with Crippen LogP contribution in [0.5, 0.6) is 0 Å². The molecule has 1 aromatic rings. The summed E-state index contributed by atoms with van der Waals surface area (Å²) in [5, 5.41) is 8.84. The maximum Gasteiger partial charge on any atom is 0.266 e. The summed E-state index contributed by atoms with van der Waals surface area (Å²) in [5.41, 5.74) is 2.07. The molecule has 2 amide bonds. The van der Waals surface area contributed by atoms with Crippen LogP contribution in [0.2, 0.25) is 5.02 Å². The molecule has 2 rings (SSSR count). The molecule has 1 heterocycles. The summed E-state index contributed by atoms with van der Waals surface area (Å²) >= 11 is 5.88. The second-order valence-corrected chi connectivity index (χ2v) is 5.04. The zero-order chi connectivity index (χ0) is 14.7. The molecule has 20 heavy (non-hydrogen) atoms. The number of likely N-dealkylation sites (tertiary alicyclic amines) is 1. The van der Waals surface area contributed by atoms with E-state index in [9.17, 15) is 14.0 Å². The molecule has 1 aliphatic heterocycles. The van der Waals surface area contributed by atoms with E-state index in [0.717, 1.165) is 6.07 Å². The lowest BCUT2D eigenvalue weighted by Gasteiger charge is -2.23. The highest BCUT2D eigenvalue weighted by Crippen LogP contribution is 2.22. The Kier molecular flexibility index (Phi) is 4.57. The van der Waals surface area contributed by atoms with Gasteiger partial charge in [-0.1, -0.05) is 17.7 Å². The number of nitrogens with zero attached hydrogens (tertiary/aromatic N) is 1. The maximum atomic E-state index is 12.9. The van der Waals surface area contributed by atoms with E-state index < -0.39 is 17.8 Å². The van der Waals surface area contributed by atoms with Crippen molar-refractivity contribution in [2.24, 2.45) is 0 Å². The van der Waals surface area contributed by atoms with Crippen LogP contribution in [-0.4, -0.2) is 34.5 Å². The number of benzene rings is 1. The molecular formula is C13H14ClFN2O3. The van der Waals surface area contributed by atoms with E-state index in [1.54, 1.807) is 5.48 Å². The van der Waals surface area contributed by atoms with Crippen molar-refractivity contribution in [1.29, 1.82) is 0 Å². The molecule has 5 nitrogen and oxygen atoms in total. The van der Waals surface area contributed by atoms with Crippen molar-refractivity contribution in [1.82, 2.24) is 10.4 Å². The minimum absolute atomic E-state index is 0.00563. The Morgan fingerprint density at radius 1 is 1.50 bits per heavy atom. The summed E-state index contributed by atoms with van der Waals surface area (Å²) in [6, 6.07) is 3.17. The average molecular weight is 301 g/mol. The lowest BCUT2D eigenvalue weighted by Crippen LogP contribution is -2.45. The van der Waals surface area contributed by atoms with E-state index in [1.807, 2.05) is 0 Å². The van der Waals surface area contributed by atoms with E-state index >= 15 is 0 Å². The van der Waals surface area contributed by atoms with Crippen molar-refractivity contribution in [2.45, 2.75) is 25.3 Å². The van der Waals surface area contributed by atoms with Gasteiger partial charge in [-0.25, -0.2) is 9.87 Å². The second kappa shape index (κ2) is 6.19. The summed E-state index contributed by atoms with van der Waals surface area (Å²) in [6.07, 6.45) is 1.20. The number of carbonyl (C=O) groups is 2. The standard InChI is InChI=1S/C13H14ClFN2O3/c14-10-7-9(15)4-3-8(10)6-12(18)17-5-1-2-11(17)13(19)16-20/h3-4,7,11,20H,1-2,5-6H2,(H,16,19)/t11-/m0/s1. The van der Waals surface area contributed by atoms with Crippen LogP contribution in [0.15, 0.2) is 18.2 Å². The Morgan fingerprint density at radius 3 is 2.90 bits per heavy atom. The van der Waals surface area contributed by atoms with Crippen LogP contribution in [-0.2, 0) is 16.0 Å². The first-order valence-corrected chi connectivity index (χ1v) is 6.58. The molecule has 0 bridgehead atoms.